The maximum atomic E-state index is 13.7. The third kappa shape index (κ3) is 3.82. The van der Waals surface area contributed by atoms with Crippen molar-refractivity contribution >= 4 is 17.4 Å². The molecular weight excluding hydrogens is 402 g/mol. The van der Waals surface area contributed by atoms with Gasteiger partial charge in [0, 0.05) is 24.5 Å². The van der Waals surface area contributed by atoms with E-state index in [4.69, 9.17) is 0 Å². The van der Waals surface area contributed by atoms with Gasteiger partial charge in [-0.1, -0.05) is 18.2 Å². The molecule has 1 saturated heterocycles. The second-order valence-electron chi connectivity index (χ2n) is 7.30. The third-order valence-corrected chi connectivity index (χ3v) is 5.23. The van der Waals surface area contributed by atoms with Crippen LogP contribution in [0.25, 0.3) is 5.76 Å². The highest BCUT2D eigenvalue weighted by Gasteiger charge is 2.46. The van der Waals surface area contributed by atoms with E-state index in [1.807, 2.05) is 0 Å². The molecule has 1 fully saturated rings. The van der Waals surface area contributed by atoms with Crippen molar-refractivity contribution < 1.29 is 23.5 Å². The second-order valence-corrected chi connectivity index (χ2v) is 7.30. The van der Waals surface area contributed by atoms with E-state index >= 15 is 0 Å². The second kappa shape index (κ2) is 8.10. The number of aryl methyl sites for hydroxylation is 1. The summed E-state index contributed by atoms with van der Waals surface area (Å²) >= 11 is 0. The van der Waals surface area contributed by atoms with E-state index in [-0.39, 0.29) is 23.2 Å². The number of Topliss-reactive ketones (excluding diaryl/α,β-unsaturated/α-hetero) is 1. The molecule has 156 valence electrons. The smallest absolute Gasteiger partial charge is 0.295 e. The highest BCUT2D eigenvalue weighted by atomic mass is 19.1. The lowest BCUT2D eigenvalue weighted by Crippen LogP contribution is -2.29. The number of aliphatic hydroxyl groups excluding tert-OH is 1. The summed E-state index contributed by atoms with van der Waals surface area (Å²) in [6.07, 6.45) is 3.16. The van der Waals surface area contributed by atoms with Gasteiger partial charge in [0.25, 0.3) is 11.7 Å². The number of nitrogens with zero attached hydrogens (tertiary/aromatic N) is 2. The van der Waals surface area contributed by atoms with Crippen LogP contribution in [-0.2, 0) is 16.1 Å². The Kier molecular flexibility index (Phi) is 5.33. The Morgan fingerprint density at radius 1 is 1.10 bits per heavy atom. The van der Waals surface area contributed by atoms with Crippen molar-refractivity contribution in [2.45, 2.75) is 19.5 Å². The lowest BCUT2D eigenvalue weighted by molar-refractivity contribution is -0.140. The fourth-order valence-corrected chi connectivity index (χ4v) is 3.67. The van der Waals surface area contributed by atoms with Crippen molar-refractivity contribution in [2.75, 3.05) is 0 Å². The largest absolute Gasteiger partial charge is 0.507 e. The number of carbonyl (C=O) groups excluding carboxylic acids is 2. The van der Waals surface area contributed by atoms with Crippen molar-refractivity contribution in [3.05, 3.63) is 106 Å². The molecule has 2 aromatic carbocycles. The SMILES string of the molecule is Cc1cc(/C(O)=C2/C(=O)C(=O)N(Cc3cccnc3)C2c2ccc(F)cc2)ccc1F. The van der Waals surface area contributed by atoms with E-state index < -0.39 is 35.1 Å². The van der Waals surface area contributed by atoms with Crippen molar-refractivity contribution in [1.29, 1.82) is 0 Å². The number of hydrogen-bond donors (Lipinski definition) is 1. The van der Waals surface area contributed by atoms with Crippen LogP contribution in [0.4, 0.5) is 8.78 Å². The number of benzene rings is 2. The van der Waals surface area contributed by atoms with Crippen LogP contribution < -0.4 is 0 Å². The molecule has 31 heavy (non-hydrogen) atoms. The molecule has 0 radical (unpaired) electrons. The molecule has 1 N–H and O–H groups in total. The topological polar surface area (TPSA) is 70.5 Å². The normalized spacial score (nSPS) is 17.9. The molecule has 1 unspecified atom stereocenters. The summed E-state index contributed by atoms with van der Waals surface area (Å²) in [6, 6.07) is 11.8. The maximum Gasteiger partial charge on any atom is 0.295 e. The number of aliphatic hydroxyl groups is 1. The van der Waals surface area contributed by atoms with Gasteiger partial charge in [-0.15, -0.1) is 0 Å². The predicted molar refractivity (Wildman–Crippen MR) is 110 cm³/mol. The van der Waals surface area contributed by atoms with Crippen molar-refractivity contribution in [2.24, 2.45) is 0 Å². The monoisotopic (exact) mass is 420 g/mol. The number of carbonyl (C=O) groups is 2. The summed E-state index contributed by atoms with van der Waals surface area (Å²) in [5.74, 6) is -2.99. The lowest BCUT2D eigenvalue weighted by atomic mass is 9.94. The van der Waals surface area contributed by atoms with Gasteiger partial charge in [-0.25, -0.2) is 8.78 Å². The number of ketones is 1. The van der Waals surface area contributed by atoms with Gasteiger partial charge in [0.15, 0.2) is 0 Å². The number of hydrogen-bond acceptors (Lipinski definition) is 4. The van der Waals surface area contributed by atoms with Crippen LogP contribution in [0.15, 0.2) is 72.6 Å². The zero-order valence-electron chi connectivity index (χ0n) is 16.5. The Hall–Kier alpha value is -3.87. The molecule has 0 aliphatic carbocycles. The molecule has 0 spiro atoms. The predicted octanol–water partition coefficient (Wildman–Crippen LogP) is 4.29. The quantitative estimate of drug-likeness (QED) is 0.388. The Morgan fingerprint density at radius 3 is 2.48 bits per heavy atom. The Balaban J connectivity index is 1.87. The van der Waals surface area contributed by atoms with Crippen LogP contribution in [0, 0.1) is 18.6 Å². The van der Waals surface area contributed by atoms with Crippen molar-refractivity contribution in [3.8, 4) is 0 Å². The number of aromatic nitrogens is 1. The minimum Gasteiger partial charge on any atom is -0.507 e. The fourth-order valence-electron chi connectivity index (χ4n) is 3.67. The number of likely N-dealkylation sites (tertiary alicyclic amines) is 1. The summed E-state index contributed by atoms with van der Waals surface area (Å²) in [5, 5.41) is 11.0. The number of amides is 1. The van der Waals surface area contributed by atoms with Gasteiger partial charge >= 0.3 is 0 Å². The van der Waals surface area contributed by atoms with Crippen LogP contribution in [0.2, 0.25) is 0 Å². The summed E-state index contributed by atoms with van der Waals surface area (Å²) in [6.45, 7) is 1.60. The molecule has 1 aliphatic heterocycles. The number of pyridine rings is 1. The third-order valence-electron chi connectivity index (χ3n) is 5.23. The first-order valence-electron chi connectivity index (χ1n) is 9.56. The van der Waals surface area contributed by atoms with E-state index in [1.54, 1.807) is 24.5 Å². The zero-order valence-corrected chi connectivity index (χ0v) is 16.5. The Labute approximate surface area is 177 Å². The first-order valence-corrected chi connectivity index (χ1v) is 9.56. The molecule has 4 rings (SSSR count). The number of halogens is 2. The molecule has 0 bridgehead atoms. The molecule has 5 nitrogen and oxygen atoms in total. The summed E-state index contributed by atoms with van der Waals surface area (Å²) in [5.41, 5.74) is 1.52. The first kappa shape index (κ1) is 20.4. The van der Waals surface area contributed by atoms with E-state index in [1.165, 1.54) is 54.3 Å². The Morgan fingerprint density at radius 2 is 1.84 bits per heavy atom. The summed E-state index contributed by atoms with van der Waals surface area (Å²) in [4.78, 5) is 31.2. The lowest BCUT2D eigenvalue weighted by Gasteiger charge is -2.25. The van der Waals surface area contributed by atoms with Gasteiger partial charge in [-0.2, -0.15) is 0 Å². The van der Waals surface area contributed by atoms with E-state index in [9.17, 15) is 23.5 Å². The van der Waals surface area contributed by atoms with Crippen molar-refractivity contribution in [1.82, 2.24) is 9.88 Å². The minimum atomic E-state index is -0.939. The molecule has 2 heterocycles. The van der Waals surface area contributed by atoms with E-state index in [2.05, 4.69) is 4.98 Å². The minimum absolute atomic E-state index is 0.0691. The molecular formula is C24H18F2N2O3. The van der Waals surface area contributed by atoms with E-state index in [0.29, 0.717) is 11.1 Å². The van der Waals surface area contributed by atoms with E-state index in [0.717, 1.165) is 0 Å². The molecule has 1 aliphatic rings. The summed E-state index contributed by atoms with van der Waals surface area (Å²) in [7, 11) is 0. The van der Waals surface area contributed by atoms with Crippen LogP contribution in [0.3, 0.4) is 0 Å². The number of rotatable bonds is 4. The van der Waals surface area contributed by atoms with Gasteiger partial charge in [-0.05, 0) is 60.0 Å². The van der Waals surface area contributed by atoms with Crippen LogP contribution >= 0.6 is 0 Å². The molecule has 7 heteroatoms. The molecule has 3 aromatic rings. The first-order chi connectivity index (χ1) is 14.9. The van der Waals surface area contributed by atoms with Crippen LogP contribution in [0.5, 0.6) is 0 Å². The van der Waals surface area contributed by atoms with Gasteiger partial charge in [0.05, 0.1) is 11.6 Å². The molecule has 1 atom stereocenters. The summed E-state index contributed by atoms with van der Waals surface area (Å²) < 4.78 is 27.2. The van der Waals surface area contributed by atoms with Crippen LogP contribution in [0.1, 0.15) is 28.3 Å². The van der Waals surface area contributed by atoms with Crippen molar-refractivity contribution in [3.63, 3.8) is 0 Å². The van der Waals surface area contributed by atoms with Gasteiger partial charge in [0.2, 0.25) is 0 Å². The van der Waals surface area contributed by atoms with Gasteiger partial charge < -0.3 is 10.0 Å². The van der Waals surface area contributed by atoms with Gasteiger partial charge in [-0.3, -0.25) is 14.6 Å². The molecule has 1 aromatic heterocycles. The maximum absolute atomic E-state index is 13.7. The highest BCUT2D eigenvalue weighted by Crippen LogP contribution is 2.40. The van der Waals surface area contributed by atoms with Crippen LogP contribution in [-0.4, -0.2) is 26.7 Å². The Bertz CT molecular complexity index is 1190. The fraction of sp³-hybridized carbons (Fsp3) is 0.125. The molecule has 0 saturated carbocycles. The average molecular weight is 420 g/mol. The standard InChI is InChI=1S/C24H18F2N2O3/c1-14-11-17(6-9-19(14)26)22(29)20-21(16-4-7-18(25)8-5-16)28(24(31)23(20)30)13-15-3-2-10-27-12-15/h2-12,21,29H,13H2,1H3/b22-20-. The zero-order chi connectivity index (χ0) is 22.1. The molecule has 1 amide bonds. The average Bonchev–Trinajstić information content (AvgIpc) is 3.01. The van der Waals surface area contributed by atoms with Gasteiger partial charge in [0.1, 0.15) is 17.4 Å². The highest BCUT2D eigenvalue weighted by molar-refractivity contribution is 6.46.